The third-order valence-corrected chi connectivity index (χ3v) is 4.58. The van der Waals surface area contributed by atoms with Gasteiger partial charge in [-0.25, -0.2) is 4.79 Å². The second kappa shape index (κ2) is 6.59. The third-order valence-electron chi connectivity index (χ3n) is 3.18. The topological polar surface area (TPSA) is 61.4 Å². The van der Waals surface area contributed by atoms with Gasteiger partial charge in [-0.2, -0.15) is 0 Å². The summed E-state index contributed by atoms with van der Waals surface area (Å²) >= 11 is 9.29. The SMILES string of the molecule is O=C(Nc1cccc(Cl)c1Br)N[C@H]1CCC[C@H](O)C1. The van der Waals surface area contributed by atoms with Crippen LogP contribution in [0.1, 0.15) is 25.7 Å². The van der Waals surface area contributed by atoms with Crippen molar-refractivity contribution in [2.24, 2.45) is 0 Å². The lowest BCUT2D eigenvalue weighted by atomic mass is 9.93. The van der Waals surface area contributed by atoms with Crippen LogP contribution in [0, 0.1) is 0 Å². The van der Waals surface area contributed by atoms with Gasteiger partial charge in [0.25, 0.3) is 0 Å². The summed E-state index contributed by atoms with van der Waals surface area (Å²) in [6.07, 6.45) is 2.97. The highest BCUT2D eigenvalue weighted by Crippen LogP contribution is 2.30. The van der Waals surface area contributed by atoms with E-state index in [0.717, 1.165) is 19.3 Å². The summed E-state index contributed by atoms with van der Waals surface area (Å²) in [5, 5.41) is 15.7. The molecule has 1 aromatic rings. The van der Waals surface area contributed by atoms with Crippen molar-refractivity contribution in [2.45, 2.75) is 37.8 Å². The molecule has 0 unspecified atom stereocenters. The maximum absolute atomic E-state index is 11.9. The molecule has 0 saturated heterocycles. The molecular formula is C13H16BrClN2O2. The Kier molecular flexibility index (Phi) is 5.07. The predicted octanol–water partition coefficient (Wildman–Crippen LogP) is 3.53. The third kappa shape index (κ3) is 4.09. The predicted molar refractivity (Wildman–Crippen MR) is 79.6 cm³/mol. The number of aliphatic hydroxyl groups excluding tert-OH is 1. The van der Waals surface area contributed by atoms with Crippen LogP contribution in [0.25, 0.3) is 0 Å². The largest absolute Gasteiger partial charge is 0.393 e. The van der Waals surface area contributed by atoms with E-state index in [9.17, 15) is 9.90 Å². The van der Waals surface area contributed by atoms with E-state index in [1.54, 1.807) is 18.2 Å². The molecule has 1 saturated carbocycles. The highest BCUT2D eigenvalue weighted by Gasteiger charge is 2.21. The molecule has 0 aromatic heterocycles. The molecule has 6 heteroatoms. The second-order valence-electron chi connectivity index (χ2n) is 4.72. The lowest BCUT2D eigenvalue weighted by Crippen LogP contribution is -2.41. The van der Waals surface area contributed by atoms with Gasteiger partial charge in [-0.15, -0.1) is 0 Å². The van der Waals surface area contributed by atoms with Crippen LogP contribution in [0.2, 0.25) is 5.02 Å². The standard InChI is InChI=1S/C13H16BrClN2O2/c14-12-10(15)5-2-6-11(12)17-13(19)16-8-3-1-4-9(18)7-8/h2,5-6,8-9,18H,1,3-4,7H2,(H2,16,17,19)/t8-,9-/m0/s1. The molecule has 3 N–H and O–H groups in total. The van der Waals surface area contributed by atoms with Crippen LogP contribution < -0.4 is 10.6 Å². The van der Waals surface area contributed by atoms with Gasteiger partial charge in [0, 0.05) is 6.04 Å². The average molecular weight is 348 g/mol. The van der Waals surface area contributed by atoms with E-state index in [-0.39, 0.29) is 18.2 Å². The molecule has 19 heavy (non-hydrogen) atoms. The number of benzene rings is 1. The Morgan fingerprint density at radius 2 is 2.21 bits per heavy atom. The molecule has 1 aliphatic carbocycles. The van der Waals surface area contributed by atoms with Crippen molar-refractivity contribution in [3.05, 3.63) is 27.7 Å². The lowest BCUT2D eigenvalue weighted by molar-refractivity contribution is 0.114. The highest BCUT2D eigenvalue weighted by atomic mass is 79.9. The summed E-state index contributed by atoms with van der Waals surface area (Å²) in [6, 6.07) is 5.04. The monoisotopic (exact) mass is 346 g/mol. The molecule has 1 aliphatic rings. The smallest absolute Gasteiger partial charge is 0.319 e. The van der Waals surface area contributed by atoms with Gasteiger partial charge in [-0.05, 0) is 53.7 Å². The van der Waals surface area contributed by atoms with E-state index in [1.165, 1.54) is 0 Å². The van der Waals surface area contributed by atoms with E-state index < -0.39 is 0 Å². The van der Waals surface area contributed by atoms with Gasteiger partial charge >= 0.3 is 6.03 Å². The molecular weight excluding hydrogens is 332 g/mol. The fraction of sp³-hybridized carbons (Fsp3) is 0.462. The number of rotatable bonds is 2. The highest BCUT2D eigenvalue weighted by molar-refractivity contribution is 9.10. The van der Waals surface area contributed by atoms with Crippen molar-refractivity contribution in [3.63, 3.8) is 0 Å². The van der Waals surface area contributed by atoms with Crippen molar-refractivity contribution in [2.75, 3.05) is 5.32 Å². The van der Waals surface area contributed by atoms with Gasteiger partial charge in [0.2, 0.25) is 0 Å². The summed E-state index contributed by atoms with van der Waals surface area (Å²) in [5.74, 6) is 0. The van der Waals surface area contributed by atoms with Crippen LogP contribution in [-0.2, 0) is 0 Å². The Morgan fingerprint density at radius 3 is 2.95 bits per heavy atom. The molecule has 1 aromatic carbocycles. The van der Waals surface area contributed by atoms with Crippen molar-refractivity contribution in [3.8, 4) is 0 Å². The number of halogens is 2. The molecule has 0 aliphatic heterocycles. The van der Waals surface area contributed by atoms with E-state index in [2.05, 4.69) is 26.6 Å². The minimum atomic E-state index is -0.308. The van der Waals surface area contributed by atoms with Crippen molar-refractivity contribution in [1.29, 1.82) is 0 Å². The number of amides is 2. The van der Waals surface area contributed by atoms with Crippen molar-refractivity contribution < 1.29 is 9.90 Å². The van der Waals surface area contributed by atoms with Gasteiger partial charge in [-0.1, -0.05) is 17.7 Å². The maximum Gasteiger partial charge on any atom is 0.319 e. The zero-order valence-corrected chi connectivity index (χ0v) is 12.7. The number of hydrogen-bond acceptors (Lipinski definition) is 2. The van der Waals surface area contributed by atoms with Gasteiger partial charge in [0.1, 0.15) is 0 Å². The molecule has 2 rings (SSSR count). The first kappa shape index (κ1) is 14.6. The van der Waals surface area contributed by atoms with E-state index in [1.807, 2.05) is 0 Å². The quantitative estimate of drug-likeness (QED) is 0.766. The Bertz CT molecular complexity index is 470. The zero-order valence-electron chi connectivity index (χ0n) is 10.3. The molecule has 104 valence electrons. The molecule has 4 nitrogen and oxygen atoms in total. The number of urea groups is 1. The van der Waals surface area contributed by atoms with Crippen molar-refractivity contribution >= 4 is 39.2 Å². The number of anilines is 1. The van der Waals surface area contributed by atoms with Crippen LogP contribution in [0.4, 0.5) is 10.5 Å². The molecule has 2 amide bonds. The molecule has 2 atom stereocenters. The normalized spacial score (nSPS) is 22.9. The van der Waals surface area contributed by atoms with Crippen LogP contribution >= 0.6 is 27.5 Å². The van der Waals surface area contributed by atoms with Gasteiger partial charge < -0.3 is 15.7 Å². The summed E-state index contributed by atoms with van der Waals surface area (Å²) in [4.78, 5) is 11.9. The van der Waals surface area contributed by atoms with E-state index in [4.69, 9.17) is 11.6 Å². The fourth-order valence-corrected chi connectivity index (χ4v) is 2.78. The van der Waals surface area contributed by atoms with E-state index in [0.29, 0.717) is 21.6 Å². The number of carbonyl (C=O) groups excluding carboxylic acids is 1. The van der Waals surface area contributed by atoms with Crippen LogP contribution in [0.5, 0.6) is 0 Å². The van der Waals surface area contributed by atoms with Crippen LogP contribution in [0.3, 0.4) is 0 Å². The van der Waals surface area contributed by atoms with Crippen LogP contribution in [-0.4, -0.2) is 23.3 Å². The van der Waals surface area contributed by atoms with Gasteiger partial charge in [-0.3, -0.25) is 0 Å². The average Bonchev–Trinajstić information content (AvgIpc) is 2.35. The first-order valence-corrected chi connectivity index (χ1v) is 7.43. The first-order chi connectivity index (χ1) is 9.06. The molecule has 0 radical (unpaired) electrons. The summed E-state index contributed by atoms with van der Waals surface area (Å²) < 4.78 is 0.662. The minimum absolute atomic E-state index is 0.0294. The van der Waals surface area contributed by atoms with Gasteiger partial charge in [0.05, 0.1) is 21.3 Å². The molecule has 1 fully saturated rings. The Balaban J connectivity index is 1.92. The van der Waals surface area contributed by atoms with E-state index >= 15 is 0 Å². The number of aliphatic hydroxyl groups is 1. The lowest BCUT2D eigenvalue weighted by Gasteiger charge is -2.26. The van der Waals surface area contributed by atoms with Gasteiger partial charge in [0.15, 0.2) is 0 Å². The summed E-state index contributed by atoms with van der Waals surface area (Å²) in [7, 11) is 0. The zero-order chi connectivity index (χ0) is 13.8. The summed E-state index contributed by atoms with van der Waals surface area (Å²) in [6.45, 7) is 0. The number of nitrogens with one attached hydrogen (secondary N) is 2. The number of carbonyl (C=O) groups is 1. The Morgan fingerprint density at radius 1 is 1.42 bits per heavy atom. The molecule has 0 spiro atoms. The maximum atomic E-state index is 11.9. The fourth-order valence-electron chi connectivity index (χ4n) is 2.24. The second-order valence-corrected chi connectivity index (χ2v) is 5.92. The number of hydrogen-bond donors (Lipinski definition) is 3. The van der Waals surface area contributed by atoms with Crippen LogP contribution in [0.15, 0.2) is 22.7 Å². The summed E-state index contributed by atoms with van der Waals surface area (Å²) in [5.41, 5.74) is 0.626. The molecule has 0 bridgehead atoms. The Labute approximate surface area is 125 Å². The minimum Gasteiger partial charge on any atom is -0.393 e. The van der Waals surface area contributed by atoms with Crippen molar-refractivity contribution in [1.82, 2.24) is 5.32 Å². The molecule has 0 heterocycles. The first-order valence-electron chi connectivity index (χ1n) is 6.26. The Hall–Kier alpha value is -0.780.